The van der Waals surface area contributed by atoms with Gasteiger partial charge in [-0.1, -0.05) is 56.8 Å². The molecule has 83 heavy (non-hydrogen) atoms. The Morgan fingerprint density at radius 1 is 0.831 bits per heavy atom. The topological polar surface area (TPSA) is 417 Å². The van der Waals surface area contributed by atoms with Crippen LogP contribution in [0.3, 0.4) is 0 Å². The molecule has 0 radical (unpaired) electrons. The first-order valence-corrected chi connectivity index (χ1v) is 33.1. The van der Waals surface area contributed by atoms with Crippen LogP contribution in [0.15, 0.2) is 98.1 Å². The number of nitrogens with zero attached hydrogens (tertiary/aromatic N) is 3. The van der Waals surface area contributed by atoms with Crippen molar-refractivity contribution >= 4 is 72.6 Å². The molecular formula is C50H66N6O22P3S2+. The van der Waals surface area contributed by atoms with E-state index in [1.54, 1.807) is 12.1 Å². The van der Waals surface area contributed by atoms with Crippen LogP contribution in [0.1, 0.15) is 108 Å². The number of H-pyrrole nitrogens is 1. The number of aromatic amines is 1. The number of rotatable bonds is 26. The minimum atomic E-state index is -5.80. The van der Waals surface area contributed by atoms with Gasteiger partial charge in [-0.15, -0.1) is 0 Å². The summed E-state index contributed by atoms with van der Waals surface area (Å²) in [5.74, 6) is 4.67. The number of carbonyl (C=O) groups excluding carboxylic acids is 2. The maximum atomic E-state index is 12.7. The Bertz CT molecular complexity index is 3690. The van der Waals surface area contributed by atoms with Gasteiger partial charge in [0.25, 0.3) is 25.8 Å². The zero-order valence-corrected chi connectivity index (χ0v) is 49.9. The predicted octanol–water partition coefficient (Wildman–Crippen LogP) is 4.23. The van der Waals surface area contributed by atoms with Crippen LogP contribution in [-0.4, -0.2) is 128 Å². The number of aliphatic hydroxyl groups excluding tert-OH is 1. The van der Waals surface area contributed by atoms with E-state index < -0.39 is 90.8 Å². The molecule has 2 amide bonds. The Morgan fingerprint density at radius 2 is 1.46 bits per heavy atom. The van der Waals surface area contributed by atoms with Crippen molar-refractivity contribution in [3.8, 4) is 11.8 Å². The maximum absolute atomic E-state index is 12.7. The lowest BCUT2D eigenvalue weighted by Crippen LogP contribution is -2.33. The van der Waals surface area contributed by atoms with E-state index in [4.69, 9.17) is 14.5 Å². The number of allylic oxidation sites excluding steroid dienone is 6. The number of fused-ring (bicyclic) bond motifs is 2. The summed E-state index contributed by atoms with van der Waals surface area (Å²) < 4.78 is 122. The number of phosphoric acid groups is 3. The Kier molecular flexibility index (Phi) is 21.5. The summed E-state index contributed by atoms with van der Waals surface area (Å²) in [6, 6.07) is 9.03. The third kappa shape index (κ3) is 17.8. The van der Waals surface area contributed by atoms with Gasteiger partial charge in [-0.3, -0.25) is 37.6 Å². The number of hydrogen-bond acceptors (Lipinski definition) is 17. The van der Waals surface area contributed by atoms with Crippen LogP contribution in [-0.2, 0) is 72.2 Å². The van der Waals surface area contributed by atoms with E-state index in [0.29, 0.717) is 57.2 Å². The standard InChI is InChI=1S/C50H65N6O22P3S2/c1-49(2)36-28-34(82(69,70)71)21-23-38(36)54(5)42(49)17-9-6-10-18-43-50(3,4)37-29-35(83(72,73)74)22-24-39(37)55(43)27-14-8-12-20-44(58)51-25-13-7-11-19-45(59)52-26-15-16-33-31-56(48(61)53-47(33)60)46-30-40(57)41(76-46)32-75-80(65,66)78-81(67,68)77-79(62,63)64/h6,9-10,17-18,21-24,28-29,31,40-41,46,57H,7-8,11-14,19-20,25-27,30,32H2,1-5H3,(H8-,51,52,53,58,59,60,61,62,63,64,65,66,67,68,69,70,71,72,73,74)/p+1/t40-,41+,46+/m0/s1. The van der Waals surface area contributed by atoms with E-state index in [-0.39, 0.29) is 53.0 Å². The highest BCUT2D eigenvalue weighted by molar-refractivity contribution is 7.86. The van der Waals surface area contributed by atoms with Gasteiger partial charge in [0.05, 0.1) is 34.5 Å². The summed E-state index contributed by atoms with van der Waals surface area (Å²) in [5.41, 5.74) is 1.48. The van der Waals surface area contributed by atoms with Crippen molar-refractivity contribution in [2.24, 2.45) is 0 Å². The normalized spacial score (nSPS) is 20.5. The number of anilines is 1. The maximum Gasteiger partial charge on any atom is 0.490 e. The summed E-state index contributed by atoms with van der Waals surface area (Å²) in [6.45, 7) is 7.65. The number of unbranched alkanes of at least 4 members (excludes halogenated alkanes) is 4. The average Bonchev–Trinajstić information content (AvgIpc) is 1.86. The van der Waals surface area contributed by atoms with E-state index >= 15 is 0 Å². The molecule has 33 heteroatoms. The number of hydrogen-bond donors (Lipinski definition) is 10. The smallest absolute Gasteiger partial charge is 0.390 e. The molecule has 1 saturated heterocycles. The number of ether oxygens (including phenoxy) is 1. The first-order valence-electron chi connectivity index (χ1n) is 25.7. The Hall–Kier alpha value is -5.54. The molecule has 3 aliphatic rings. The minimum absolute atomic E-state index is 0.123. The van der Waals surface area contributed by atoms with Crippen LogP contribution in [0.5, 0.6) is 0 Å². The molecule has 2 unspecified atom stereocenters. The van der Waals surface area contributed by atoms with E-state index in [1.807, 2.05) is 74.7 Å². The second kappa shape index (κ2) is 26.8. The molecule has 3 aliphatic heterocycles. The second-order valence-corrected chi connectivity index (χ2v) is 27.8. The third-order valence-corrected chi connectivity index (χ3v) is 19.3. The molecule has 0 saturated carbocycles. The summed E-state index contributed by atoms with van der Waals surface area (Å²) >= 11 is 0. The lowest BCUT2D eigenvalue weighted by Gasteiger charge is -2.27. The largest absolute Gasteiger partial charge is 0.490 e. The number of amides is 2. The first-order chi connectivity index (χ1) is 38.5. The van der Waals surface area contributed by atoms with Gasteiger partial charge in [-0.25, -0.2) is 18.5 Å². The fourth-order valence-electron chi connectivity index (χ4n) is 9.69. The lowest BCUT2D eigenvalue weighted by atomic mass is 9.81. The van der Waals surface area contributed by atoms with Crippen molar-refractivity contribution in [3.05, 3.63) is 116 Å². The van der Waals surface area contributed by atoms with Gasteiger partial charge in [-0.2, -0.15) is 30.0 Å². The number of phosphoric ester groups is 1. The van der Waals surface area contributed by atoms with Gasteiger partial charge < -0.3 is 45.0 Å². The lowest BCUT2D eigenvalue weighted by molar-refractivity contribution is -0.401. The van der Waals surface area contributed by atoms with E-state index in [9.17, 15) is 73.7 Å². The molecule has 10 N–H and O–H groups in total. The second-order valence-electron chi connectivity index (χ2n) is 20.5. The molecule has 2 aromatic carbocycles. The van der Waals surface area contributed by atoms with Gasteiger partial charge in [0.15, 0.2) is 5.71 Å². The number of aromatic nitrogens is 2. The Labute approximate surface area is 477 Å². The zero-order valence-electron chi connectivity index (χ0n) is 45.6. The van der Waals surface area contributed by atoms with E-state index in [1.165, 1.54) is 24.3 Å². The van der Waals surface area contributed by atoms with Crippen LogP contribution in [0.4, 0.5) is 11.4 Å². The SMILES string of the molecule is C[N+]1=C(C=CC=CC=C2N(CCCCCC(=O)NCCCCCC(=O)NCC#Cc3cn([C@H]4C[C@H](O)[C@@H](COP(=O)(O)OP(=O)(O)OP(=O)(O)O)O4)c(=O)[nH]c3=O)c3ccc(S(=O)(=O)O)cc3C2(C)C)C(C)(C)c2cc(S(=O)(=O)O)ccc21. The molecule has 0 spiro atoms. The Morgan fingerprint density at radius 3 is 2.11 bits per heavy atom. The molecule has 1 fully saturated rings. The van der Waals surface area contributed by atoms with Gasteiger partial charge in [0.2, 0.25) is 17.5 Å². The molecular weight excluding hydrogens is 1190 g/mol. The van der Waals surface area contributed by atoms with Gasteiger partial charge in [0.1, 0.15) is 24.9 Å². The molecule has 6 rings (SSSR count). The van der Waals surface area contributed by atoms with Crippen molar-refractivity contribution in [3.63, 3.8) is 0 Å². The minimum Gasteiger partial charge on any atom is -0.390 e. The third-order valence-electron chi connectivity index (χ3n) is 13.8. The molecule has 3 aromatic rings. The molecule has 0 bridgehead atoms. The van der Waals surface area contributed by atoms with Crippen LogP contribution < -0.4 is 26.8 Å². The molecule has 454 valence electrons. The van der Waals surface area contributed by atoms with Crippen molar-refractivity contribution in [2.45, 2.75) is 125 Å². The van der Waals surface area contributed by atoms with Gasteiger partial charge >= 0.3 is 29.2 Å². The number of carbonyl (C=O) groups is 2. The highest BCUT2D eigenvalue weighted by Crippen LogP contribution is 2.66. The highest BCUT2D eigenvalue weighted by Gasteiger charge is 2.45. The molecule has 0 aliphatic carbocycles. The number of nitrogens with one attached hydrogen (secondary N) is 3. The fourth-order valence-corrected chi connectivity index (χ4v) is 13.7. The molecule has 5 atom stereocenters. The van der Waals surface area contributed by atoms with Crippen LogP contribution in [0, 0.1) is 11.8 Å². The number of aliphatic hydroxyl groups is 1. The predicted molar refractivity (Wildman–Crippen MR) is 299 cm³/mol. The highest BCUT2D eigenvalue weighted by atomic mass is 32.2. The molecule has 1 aromatic heterocycles. The average molecular weight is 1260 g/mol. The molecule has 28 nitrogen and oxygen atoms in total. The van der Waals surface area contributed by atoms with Gasteiger partial charge in [0, 0.05) is 73.1 Å². The first kappa shape index (κ1) is 66.6. The summed E-state index contributed by atoms with van der Waals surface area (Å²) in [5, 5.41) is 15.9. The summed E-state index contributed by atoms with van der Waals surface area (Å²) in [4.78, 5) is 90.4. The number of benzene rings is 2. The van der Waals surface area contributed by atoms with E-state index in [2.05, 4.69) is 40.5 Å². The van der Waals surface area contributed by atoms with Crippen molar-refractivity contribution in [1.29, 1.82) is 0 Å². The van der Waals surface area contributed by atoms with Crippen LogP contribution in [0.2, 0.25) is 0 Å². The van der Waals surface area contributed by atoms with Crippen molar-refractivity contribution < 1.29 is 96.4 Å². The quantitative estimate of drug-likeness (QED) is 0.0134. The zero-order chi connectivity index (χ0) is 61.5. The van der Waals surface area contributed by atoms with E-state index in [0.717, 1.165) is 39.1 Å². The van der Waals surface area contributed by atoms with Crippen LogP contribution >= 0.6 is 23.5 Å². The fraction of sp³-hybridized carbons (Fsp3) is 0.460. The molecule has 4 heterocycles. The summed E-state index contributed by atoms with van der Waals surface area (Å²) in [7, 11) is -24.0. The summed E-state index contributed by atoms with van der Waals surface area (Å²) in [6.07, 6.45) is 10.1. The van der Waals surface area contributed by atoms with Gasteiger partial charge in [-0.05, 0) is 81.5 Å². The monoisotopic (exact) mass is 1260 g/mol. The van der Waals surface area contributed by atoms with Crippen LogP contribution in [0.25, 0.3) is 0 Å². The van der Waals surface area contributed by atoms with Crippen molar-refractivity contribution in [2.75, 3.05) is 38.2 Å². The Balaban J connectivity index is 0.911. The van der Waals surface area contributed by atoms with Crippen molar-refractivity contribution in [1.82, 2.24) is 20.2 Å².